The summed E-state index contributed by atoms with van der Waals surface area (Å²) in [5.41, 5.74) is 6.75. The molecule has 0 heterocycles. The Morgan fingerprint density at radius 2 is 1.17 bits per heavy atom. The molecule has 2 aliphatic rings. The van der Waals surface area contributed by atoms with Gasteiger partial charge in [-0.25, -0.2) is 0 Å². The monoisotopic (exact) mass is 573 g/mol. The standard InChI is InChI=1S/C36H31NO2S2/c1-23-9-17-29(18-10-23)40-36(41-30-19-11-24(2)12-20-30)33-21-27(25-13-15-28(16-14-25)37(38)39)22-34(36)32-8-4-6-26-5-3-7-31(33)35(26)32/h3-20,27,33-34H,21-22H2,1-2H3/t27?,33-,34+. The van der Waals surface area contributed by atoms with E-state index in [1.165, 1.54) is 48.4 Å². The van der Waals surface area contributed by atoms with Crippen LogP contribution in [0.4, 0.5) is 5.69 Å². The molecular formula is C36H31NO2S2. The predicted molar refractivity (Wildman–Crippen MR) is 171 cm³/mol. The van der Waals surface area contributed by atoms with Gasteiger partial charge in [0.2, 0.25) is 0 Å². The Bertz CT molecular complexity index is 1650. The fourth-order valence-electron chi connectivity index (χ4n) is 6.93. The van der Waals surface area contributed by atoms with Crippen molar-refractivity contribution in [2.24, 2.45) is 0 Å². The fourth-order valence-corrected chi connectivity index (χ4v) is 10.4. The molecule has 0 amide bonds. The number of nitro benzene ring substituents is 1. The summed E-state index contributed by atoms with van der Waals surface area (Å²) >= 11 is 4.07. The highest BCUT2D eigenvalue weighted by atomic mass is 32.2. The van der Waals surface area contributed by atoms with Gasteiger partial charge in [-0.2, -0.15) is 0 Å². The third-order valence-electron chi connectivity index (χ3n) is 8.90. The number of rotatable bonds is 6. The van der Waals surface area contributed by atoms with E-state index in [0.717, 1.165) is 12.8 Å². The minimum absolute atomic E-state index is 0.148. The van der Waals surface area contributed by atoms with Gasteiger partial charge in [0.05, 0.1) is 9.00 Å². The van der Waals surface area contributed by atoms with Gasteiger partial charge in [-0.1, -0.05) is 83.9 Å². The van der Waals surface area contributed by atoms with Gasteiger partial charge in [-0.15, -0.1) is 23.5 Å². The molecule has 2 bridgehead atoms. The zero-order chi connectivity index (χ0) is 28.1. The molecule has 0 aliphatic heterocycles. The van der Waals surface area contributed by atoms with Gasteiger partial charge in [0.1, 0.15) is 0 Å². The number of thioether (sulfide) groups is 2. The highest BCUT2D eigenvalue weighted by Crippen LogP contribution is 2.70. The number of aryl methyl sites for hydroxylation is 2. The second-order valence-electron chi connectivity index (χ2n) is 11.5. The maximum Gasteiger partial charge on any atom is 0.269 e. The Morgan fingerprint density at radius 1 is 0.683 bits per heavy atom. The van der Waals surface area contributed by atoms with Gasteiger partial charge in [0.15, 0.2) is 0 Å². The third kappa shape index (κ3) is 4.65. The van der Waals surface area contributed by atoms with Gasteiger partial charge in [0, 0.05) is 33.8 Å². The summed E-state index contributed by atoms with van der Waals surface area (Å²) in [5, 5.41) is 14.1. The first-order valence-electron chi connectivity index (χ1n) is 14.2. The molecule has 1 fully saturated rings. The molecule has 1 saturated carbocycles. The van der Waals surface area contributed by atoms with Gasteiger partial charge in [0.25, 0.3) is 5.69 Å². The first-order valence-corrected chi connectivity index (χ1v) is 15.8. The van der Waals surface area contributed by atoms with Crippen LogP contribution in [0.1, 0.15) is 58.4 Å². The van der Waals surface area contributed by atoms with E-state index in [1.807, 2.05) is 35.7 Å². The van der Waals surface area contributed by atoms with Crippen molar-refractivity contribution < 1.29 is 4.92 Å². The van der Waals surface area contributed by atoms with Crippen molar-refractivity contribution in [1.29, 1.82) is 0 Å². The second-order valence-corrected chi connectivity index (χ2v) is 14.4. The lowest BCUT2D eigenvalue weighted by atomic mass is 9.63. The molecule has 5 heteroatoms. The van der Waals surface area contributed by atoms with Crippen LogP contribution < -0.4 is 0 Å². The summed E-state index contributed by atoms with van der Waals surface area (Å²) in [7, 11) is 0. The number of nitro groups is 1. The number of nitrogens with zero attached hydrogens (tertiary/aromatic N) is 1. The summed E-state index contributed by atoms with van der Waals surface area (Å²) in [4.78, 5) is 13.7. The van der Waals surface area contributed by atoms with Crippen molar-refractivity contribution in [1.82, 2.24) is 0 Å². The van der Waals surface area contributed by atoms with E-state index in [2.05, 4.69) is 98.8 Å². The molecule has 1 unspecified atom stereocenters. The average Bonchev–Trinajstić information content (AvgIpc) is 2.98. The molecule has 0 aromatic heterocycles. The van der Waals surface area contributed by atoms with E-state index in [4.69, 9.17) is 0 Å². The first-order chi connectivity index (χ1) is 19.9. The molecule has 2 aliphatic carbocycles. The minimum atomic E-state index is -0.308. The molecule has 204 valence electrons. The minimum Gasteiger partial charge on any atom is -0.258 e. The summed E-state index contributed by atoms with van der Waals surface area (Å²) in [6.07, 6.45) is 2.00. The van der Waals surface area contributed by atoms with Gasteiger partial charge in [-0.3, -0.25) is 10.1 Å². The Morgan fingerprint density at radius 3 is 1.63 bits per heavy atom. The van der Waals surface area contributed by atoms with Crippen LogP contribution in [-0.2, 0) is 0 Å². The quantitative estimate of drug-likeness (QED) is 0.115. The number of hydrogen-bond donors (Lipinski definition) is 0. The van der Waals surface area contributed by atoms with Gasteiger partial charge < -0.3 is 0 Å². The number of benzene rings is 5. The number of non-ortho nitro benzene ring substituents is 1. The van der Waals surface area contributed by atoms with Crippen LogP contribution in [0.15, 0.2) is 119 Å². The molecule has 0 radical (unpaired) electrons. The zero-order valence-electron chi connectivity index (χ0n) is 23.1. The number of hydrogen-bond acceptors (Lipinski definition) is 4. The van der Waals surface area contributed by atoms with Crippen molar-refractivity contribution in [3.05, 3.63) is 147 Å². The Kier molecular flexibility index (Phi) is 6.67. The second kappa shape index (κ2) is 10.4. The molecular weight excluding hydrogens is 543 g/mol. The van der Waals surface area contributed by atoms with Crippen molar-refractivity contribution in [2.45, 2.75) is 58.3 Å². The number of fused-ring (bicyclic) bond motifs is 4. The summed E-state index contributed by atoms with van der Waals surface area (Å²) < 4.78 is -0.148. The highest BCUT2D eigenvalue weighted by molar-refractivity contribution is 8.18. The molecule has 5 aromatic rings. The zero-order valence-corrected chi connectivity index (χ0v) is 24.8. The van der Waals surface area contributed by atoms with E-state index < -0.39 is 0 Å². The Labute approximate surface area is 249 Å². The third-order valence-corrected chi connectivity index (χ3v) is 12.2. The van der Waals surface area contributed by atoms with E-state index in [9.17, 15) is 10.1 Å². The van der Waals surface area contributed by atoms with E-state index in [1.54, 1.807) is 12.1 Å². The van der Waals surface area contributed by atoms with Gasteiger partial charge in [-0.05, 0) is 84.3 Å². The Balaban J connectivity index is 1.41. The molecule has 0 saturated heterocycles. The summed E-state index contributed by atoms with van der Waals surface area (Å²) in [6, 6.07) is 39.0. The highest BCUT2D eigenvalue weighted by Gasteiger charge is 2.56. The molecule has 5 aromatic carbocycles. The van der Waals surface area contributed by atoms with Crippen molar-refractivity contribution in [3.8, 4) is 0 Å². The molecule has 3 nitrogen and oxygen atoms in total. The molecule has 3 atom stereocenters. The van der Waals surface area contributed by atoms with Crippen LogP contribution in [-0.4, -0.2) is 9.00 Å². The summed E-state index contributed by atoms with van der Waals surface area (Å²) in [5.74, 6) is 0.898. The van der Waals surface area contributed by atoms with Crippen molar-refractivity contribution in [2.75, 3.05) is 0 Å². The predicted octanol–water partition coefficient (Wildman–Crippen LogP) is 10.4. The average molecular weight is 574 g/mol. The topological polar surface area (TPSA) is 43.1 Å². The lowest BCUT2D eigenvalue weighted by Gasteiger charge is -2.54. The van der Waals surface area contributed by atoms with Gasteiger partial charge >= 0.3 is 0 Å². The largest absolute Gasteiger partial charge is 0.269 e. The van der Waals surface area contributed by atoms with Crippen LogP contribution in [0, 0.1) is 24.0 Å². The van der Waals surface area contributed by atoms with Crippen LogP contribution in [0.25, 0.3) is 10.8 Å². The smallest absolute Gasteiger partial charge is 0.258 e. The summed E-state index contributed by atoms with van der Waals surface area (Å²) in [6.45, 7) is 4.29. The maximum absolute atomic E-state index is 11.4. The van der Waals surface area contributed by atoms with E-state index in [0.29, 0.717) is 5.92 Å². The molecule has 0 N–H and O–H groups in total. The SMILES string of the molecule is Cc1ccc(SC2(Sc3ccc(C)cc3)[C@@H]3CC(c4ccc([N+](=O)[O-])cc4)C[C@H]2c2cccc4cccc3c24)cc1. The van der Waals surface area contributed by atoms with Crippen LogP contribution in [0.2, 0.25) is 0 Å². The van der Waals surface area contributed by atoms with Crippen LogP contribution in [0.5, 0.6) is 0 Å². The van der Waals surface area contributed by atoms with Crippen LogP contribution in [0.3, 0.4) is 0 Å². The molecule has 7 rings (SSSR count). The normalized spacial score (nSPS) is 20.6. The maximum atomic E-state index is 11.4. The van der Waals surface area contributed by atoms with E-state index in [-0.39, 0.29) is 26.5 Å². The fraction of sp³-hybridized carbons (Fsp3) is 0.222. The molecule has 0 spiro atoms. The van der Waals surface area contributed by atoms with Crippen molar-refractivity contribution in [3.63, 3.8) is 0 Å². The van der Waals surface area contributed by atoms with E-state index >= 15 is 0 Å². The lowest BCUT2D eigenvalue weighted by Crippen LogP contribution is -2.44. The van der Waals surface area contributed by atoms with Crippen molar-refractivity contribution >= 4 is 40.0 Å². The Hall–Kier alpha value is -3.54. The lowest BCUT2D eigenvalue weighted by molar-refractivity contribution is -0.384. The van der Waals surface area contributed by atoms with Crippen LogP contribution >= 0.6 is 23.5 Å². The first kappa shape index (κ1) is 26.4. The molecule has 41 heavy (non-hydrogen) atoms.